The highest BCUT2D eigenvalue weighted by Gasteiger charge is 2.23. The molecule has 0 unspecified atom stereocenters. The summed E-state index contributed by atoms with van der Waals surface area (Å²) in [5.74, 6) is -1.19. The summed E-state index contributed by atoms with van der Waals surface area (Å²) in [6.07, 6.45) is 2.95. The normalized spacial score (nSPS) is 18.2. The van der Waals surface area contributed by atoms with Gasteiger partial charge >= 0.3 is 5.69 Å². The van der Waals surface area contributed by atoms with E-state index in [2.05, 4.69) is 5.32 Å². The number of aromatic nitrogens is 2. The zero-order valence-electron chi connectivity index (χ0n) is 13.6. The van der Waals surface area contributed by atoms with Crippen LogP contribution in [0, 0.1) is 5.82 Å². The quantitative estimate of drug-likeness (QED) is 0.865. The lowest BCUT2D eigenvalue weighted by atomic mass is 10.2. The number of hydrogen-bond acceptors (Lipinski definition) is 5. The van der Waals surface area contributed by atoms with Gasteiger partial charge in [0.2, 0.25) is 11.7 Å². The van der Waals surface area contributed by atoms with Gasteiger partial charge in [-0.2, -0.15) is 4.39 Å². The Balaban J connectivity index is 1.82. The predicted molar refractivity (Wildman–Crippen MR) is 84.4 cm³/mol. The fourth-order valence-corrected chi connectivity index (χ4v) is 2.75. The number of furan rings is 1. The maximum atomic E-state index is 13.9. The summed E-state index contributed by atoms with van der Waals surface area (Å²) < 4.78 is 26.0. The summed E-state index contributed by atoms with van der Waals surface area (Å²) in [7, 11) is 0. The van der Waals surface area contributed by atoms with Crippen molar-refractivity contribution in [2.45, 2.75) is 38.6 Å². The molecule has 3 heterocycles. The largest absolute Gasteiger partial charge is 0.467 e. The third-order valence-corrected chi connectivity index (χ3v) is 4.02. The van der Waals surface area contributed by atoms with Crippen molar-refractivity contribution in [1.29, 1.82) is 0 Å². The molecule has 1 aliphatic rings. The third-order valence-electron chi connectivity index (χ3n) is 4.02. The number of amides is 1. The van der Waals surface area contributed by atoms with Crippen LogP contribution in [0.3, 0.4) is 0 Å². The van der Waals surface area contributed by atoms with Crippen LogP contribution in [0.25, 0.3) is 0 Å². The van der Waals surface area contributed by atoms with Crippen molar-refractivity contribution in [1.82, 2.24) is 14.5 Å². The van der Waals surface area contributed by atoms with E-state index in [-0.39, 0.29) is 0 Å². The molecule has 1 aliphatic heterocycles. The van der Waals surface area contributed by atoms with E-state index in [1.165, 1.54) is 6.26 Å². The van der Waals surface area contributed by atoms with Crippen LogP contribution in [-0.4, -0.2) is 21.6 Å². The number of nitrogens with one attached hydrogen (secondary N) is 1. The van der Waals surface area contributed by atoms with Gasteiger partial charge in [0.05, 0.1) is 18.5 Å². The van der Waals surface area contributed by atoms with Gasteiger partial charge in [-0.05, 0) is 31.9 Å². The number of rotatable bonds is 5. The molecule has 0 spiro atoms. The maximum absolute atomic E-state index is 13.9. The molecule has 0 bridgehead atoms. The van der Waals surface area contributed by atoms with Gasteiger partial charge in [0.25, 0.3) is 5.56 Å². The van der Waals surface area contributed by atoms with Crippen molar-refractivity contribution in [3.8, 4) is 0 Å². The Labute approximate surface area is 141 Å². The molecule has 0 aliphatic carbocycles. The van der Waals surface area contributed by atoms with Crippen LogP contribution < -0.4 is 16.6 Å². The Bertz CT molecular complexity index is 865. The molecule has 0 saturated carbocycles. The predicted octanol–water partition coefficient (Wildman–Crippen LogP) is 0.928. The molecular weight excluding hydrogens is 333 g/mol. The van der Waals surface area contributed by atoms with Gasteiger partial charge in [0, 0.05) is 6.61 Å². The monoisotopic (exact) mass is 351 g/mol. The van der Waals surface area contributed by atoms with Crippen LogP contribution in [0.5, 0.6) is 0 Å². The van der Waals surface area contributed by atoms with Crippen molar-refractivity contribution in [3.63, 3.8) is 0 Å². The van der Waals surface area contributed by atoms with Crippen LogP contribution >= 0.6 is 0 Å². The minimum absolute atomic E-state index is 0.452. The van der Waals surface area contributed by atoms with E-state index in [0.29, 0.717) is 23.4 Å². The Morgan fingerprint density at radius 2 is 2.28 bits per heavy atom. The molecule has 3 rings (SSSR count). The highest BCUT2D eigenvalue weighted by Crippen LogP contribution is 2.20. The van der Waals surface area contributed by atoms with Crippen LogP contribution in [0.4, 0.5) is 4.39 Å². The average Bonchev–Trinajstić information content (AvgIpc) is 3.28. The van der Waals surface area contributed by atoms with E-state index in [9.17, 15) is 18.8 Å². The number of halogens is 1. The summed E-state index contributed by atoms with van der Waals surface area (Å²) in [5.41, 5.74) is -1.92. The van der Waals surface area contributed by atoms with E-state index in [1.54, 1.807) is 19.1 Å². The second-order valence-electron chi connectivity index (χ2n) is 5.83. The van der Waals surface area contributed by atoms with Gasteiger partial charge in [-0.1, -0.05) is 0 Å². The molecule has 9 heteroatoms. The Kier molecular flexibility index (Phi) is 4.84. The molecule has 2 atom stereocenters. The second-order valence-corrected chi connectivity index (χ2v) is 5.83. The van der Waals surface area contributed by atoms with Gasteiger partial charge < -0.3 is 14.5 Å². The Morgan fingerprint density at radius 1 is 1.48 bits per heavy atom. The molecule has 2 aromatic heterocycles. The molecule has 1 saturated heterocycles. The smallest absolute Gasteiger partial charge is 0.333 e. The molecule has 0 radical (unpaired) electrons. The number of hydrogen-bond donors (Lipinski definition) is 1. The minimum atomic E-state index is -1.14. The van der Waals surface area contributed by atoms with Crippen LogP contribution in [-0.2, 0) is 16.1 Å². The summed E-state index contributed by atoms with van der Waals surface area (Å²) in [6.45, 7) is 1.56. The number of carbonyl (C=O) groups is 1. The van der Waals surface area contributed by atoms with Crippen molar-refractivity contribution < 1.29 is 18.3 Å². The topological polar surface area (TPSA) is 95.5 Å². The number of nitrogens with zero attached hydrogens (tertiary/aromatic N) is 2. The first-order chi connectivity index (χ1) is 12.0. The molecular formula is C16H18FN3O5. The third kappa shape index (κ3) is 3.55. The SMILES string of the molecule is C[C@H](NC(=O)Cn1c(=O)c(F)cn([C@@H]2CCCO2)c1=O)c1ccco1. The van der Waals surface area contributed by atoms with Crippen molar-refractivity contribution >= 4 is 5.91 Å². The molecule has 8 nitrogen and oxygen atoms in total. The number of carbonyl (C=O) groups excluding carboxylic acids is 1. The first kappa shape index (κ1) is 17.2. The molecule has 134 valence electrons. The van der Waals surface area contributed by atoms with Gasteiger partial charge in [0.1, 0.15) is 18.5 Å². The number of ether oxygens (including phenoxy) is 1. The Morgan fingerprint density at radius 3 is 2.92 bits per heavy atom. The molecule has 25 heavy (non-hydrogen) atoms. The van der Waals surface area contributed by atoms with E-state index in [0.717, 1.165) is 17.2 Å². The van der Waals surface area contributed by atoms with Gasteiger partial charge in [-0.15, -0.1) is 0 Å². The van der Waals surface area contributed by atoms with Crippen LogP contribution in [0.2, 0.25) is 0 Å². The van der Waals surface area contributed by atoms with Crippen molar-refractivity contribution in [2.75, 3.05) is 6.61 Å². The maximum Gasteiger partial charge on any atom is 0.333 e. The highest BCUT2D eigenvalue weighted by atomic mass is 19.1. The summed E-state index contributed by atoms with van der Waals surface area (Å²) in [4.78, 5) is 36.6. The summed E-state index contributed by atoms with van der Waals surface area (Å²) in [6, 6.07) is 2.91. The standard InChI is InChI=1S/C16H18FN3O5/c1-10(12-4-2-6-24-12)18-13(21)9-20-15(22)11(17)8-19(16(20)23)14-5-3-7-25-14/h2,4,6,8,10,14H,3,5,7,9H2,1H3,(H,18,21)/t10-,14-/m0/s1. The lowest BCUT2D eigenvalue weighted by Gasteiger charge is -2.16. The molecule has 0 aromatic carbocycles. The summed E-state index contributed by atoms with van der Waals surface area (Å²) in [5, 5.41) is 2.60. The second kappa shape index (κ2) is 7.06. The van der Waals surface area contributed by atoms with Crippen molar-refractivity contribution in [3.05, 3.63) is 57.0 Å². The van der Waals surface area contributed by atoms with Crippen LogP contribution in [0.1, 0.15) is 37.8 Å². The van der Waals surface area contributed by atoms with E-state index >= 15 is 0 Å². The fraction of sp³-hybridized carbons (Fsp3) is 0.438. The molecule has 1 N–H and O–H groups in total. The molecule has 2 aromatic rings. The van der Waals surface area contributed by atoms with E-state index < -0.39 is 41.8 Å². The average molecular weight is 351 g/mol. The van der Waals surface area contributed by atoms with Gasteiger partial charge in [0.15, 0.2) is 0 Å². The fourth-order valence-electron chi connectivity index (χ4n) is 2.75. The zero-order valence-corrected chi connectivity index (χ0v) is 13.6. The molecule has 1 fully saturated rings. The molecule has 1 amide bonds. The summed E-state index contributed by atoms with van der Waals surface area (Å²) >= 11 is 0. The van der Waals surface area contributed by atoms with E-state index in [1.807, 2.05) is 0 Å². The lowest BCUT2D eigenvalue weighted by molar-refractivity contribution is -0.122. The lowest BCUT2D eigenvalue weighted by Crippen LogP contribution is -2.45. The van der Waals surface area contributed by atoms with Gasteiger partial charge in [-0.25, -0.2) is 9.36 Å². The van der Waals surface area contributed by atoms with E-state index in [4.69, 9.17) is 9.15 Å². The minimum Gasteiger partial charge on any atom is -0.467 e. The first-order valence-corrected chi connectivity index (χ1v) is 7.93. The zero-order chi connectivity index (χ0) is 18.0. The van der Waals surface area contributed by atoms with Crippen LogP contribution in [0.15, 0.2) is 38.6 Å². The van der Waals surface area contributed by atoms with Crippen molar-refractivity contribution in [2.24, 2.45) is 0 Å². The highest BCUT2D eigenvalue weighted by molar-refractivity contribution is 5.76. The Hall–Kier alpha value is -2.68. The first-order valence-electron chi connectivity index (χ1n) is 7.93. The van der Waals surface area contributed by atoms with Gasteiger partial charge in [-0.3, -0.25) is 14.2 Å².